The average molecular weight is 256 g/mol. The molecule has 2 heterocycles. The number of allylic oxidation sites excluding steroid dienone is 2. The van der Waals surface area contributed by atoms with Crippen LogP contribution in [0.4, 0.5) is 0 Å². The number of nitrogens with zero attached hydrogens (tertiary/aromatic N) is 3. The molecule has 0 amide bonds. The summed E-state index contributed by atoms with van der Waals surface area (Å²) in [4.78, 5) is 11.5. The average Bonchev–Trinajstić information content (AvgIpc) is 2.72. The minimum Gasteiger partial charge on any atom is -0.471 e. The minimum absolute atomic E-state index is 0.321. The van der Waals surface area contributed by atoms with Gasteiger partial charge >= 0.3 is 0 Å². The van der Waals surface area contributed by atoms with Crippen LogP contribution in [0.15, 0.2) is 24.7 Å². The quantitative estimate of drug-likeness (QED) is 0.857. The molecule has 2 aromatic rings. The Morgan fingerprint density at radius 1 is 1.42 bits per heavy atom. The monoisotopic (exact) mass is 256 g/mol. The zero-order chi connectivity index (χ0) is 13.9. The third-order valence-electron chi connectivity index (χ3n) is 2.45. The first-order valence-electron chi connectivity index (χ1n) is 6.06. The molecule has 2 rings (SSSR count). The van der Waals surface area contributed by atoms with Crippen LogP contribution in [0.2, 0.25) is 0 Å². The normalized spacial score (nSPS) is 11.9. The first-order chi connectivity index (χ1) is 9.01. The van der Waals surface area contributed by atoms with Gasteiger partial charge in [0.05, 0.1) is 11.5 Å². The Labute approximate surface area is 111 Å². The Hall–Kier alpha value is -2.35. The second kappa shape index (κ2) is 5.11. The molecule has 0 saturated carbocycles. The van der Waals surface area contributed by atoms with Crippen molar-refractivity contribution in [2.45, 2.75) is 32.8 Å². The van der Waals surface area contributed by atoms with Crippen molar-refractivity contribution in [2.75, 3.05) is 0 Å². The first kappa shape index (κ1) is 13.1. The van der Waals surface area contributed by atoms with Gasteiger partial charge in [0.15, 0.2) is 0 Å². The molecular formula is C14H16N4O. The lowest BCUT2D eigenvalue weighted by Crippen LogP contribution is -2.23. The molecule has 0 aliphatic carbocycles. The third-order valence-corrected chi connectivity index (χ3v) is 2.45. The second-order valence-electron chi connectivity index (χ2n) is 5.17. The number of hydrogen-bond acceptors (Lipinski definition) is 4. The molecule has 0 aliphatic heterocycles. The lowest BCUT2D eigenvalue weighted by molar-refractivity contribution is 0.126. The lowest BCUT2D eigenvalue weighted by Gasteiger charge is -2.20. The predicted octanol–water partition coefficient (Wildman–Crippen LogP) is 2.76. The van der Waals surface area contributed by atoms with E-state index >= 15 is 0 Å². The smallest absolute Gasteiger partial charge is 0.226 e. The molecule has 0 saturated heterocycles. The summed E-state index contributed by atoms with van der Waals surface area (Å²) < 4.78 is 5.86. The minimum atomic E-state index is -0.321. The number of fused-ring (bicyclic) bond motifs is 1. The molecule has 0 atom stereocenters. The van der Waals surface area contributed by atoms with E-state index < -0.39 is 0 Å². The molecule has 0 aromatic carbocycles. The van der Waals surface area contributed by atoms with Gasteiger partial charge in [0, 0.05) is 12.3 Å². The second-order valence-corrected chi connectivity index (χ2v) is 5.17. The van der Waals surface area contributed by atoms with Crippen LogP contribution < -0.4 is 4.74 Å². The molecule has 0 fully saturated rings. The number of H-pyrrole nitrogens is 1. The molecule has 19 heavy (non-hydrogen) atoms. The number of hydrogen-bond donors (Lipinski definition) is 1. The predicted molar refractivity (Wildman–Crippen MR) is 72.7 cm³/mol. The van der Waals surface area contributed by atoms with Crippen LogP contribution in [0.3, 0.4) is 0 Å². The number of aromatic amines is 1. The Morgan fingerprint density at radius 3 is 2.89 bits per heavy atom. The van der Waals surface area contributed by atoms with Crippen LogP contribution in [0.25, 0.3) is 11.0 Å². The Morgan fingerprint density at radius 2 is 2.21 bits per heavy atom. The van der Waals surface area contributed by atoms with Crippen LogP contribution in [-0.2, 0) is 6.42 Å². The topological polar surface area (TPSA) is 74.6 Å². The highest BCUT2D eigenvalue weighted by molar-refractivity contribution is 5.84. The summed E-state index contributed by atoms with van der Waals surface area (Å²) in [6.45, 7) is 5.93. The van der Waals surface area contributed by atoms with Crippen LogP contribution in [0.1, 0.15) is 26.3 Å². The van der Waals surface area contributed by atoms with E-state index in [9.17, 15) is 0 Å². The third kappa shape index (κ3) is 3.10. The fraction of sp³-hybridized carbons (Fsp3) is 0.357. The number of ether oxygens (including phenoxy) is 1. The van der Waals surface area contributed by atoms with Crippen molar-refractivity contribution < 1.29 is 4.74 Å². The van der Waals surface area contributed by atoms with E-state index in [1.807, 2.05) is 33.0 Å². The van der Waals surface area contributed by atoms with Gasteiger partial charge in [0.25, 0.3) is 0 Å². The van der Waals surface area contributed by atoms with E-state index in [2.05, 4.69) is 15.0 Å². The van der Waals surface area contributed by atoms with E-state index in [1.165, 1.54) is 12.4 Å². The highest BCUT2D eigenvalue weighted by atomic mass is 16.5. The van der Waals surface area contributed by atoms with Gasteiger partial charge in [-0.15, -0.1) is 0 Å². The molecule has 0 aliphatic rings. The zero-order valence-corrected chi connectivity index (χ0v) is 11.3. The van der Waals surface area contributed by atoms with E-state index in [-0.39, 0.29) is 5.60 Å². The highest BCUT2D eigenvalue weighted by Gasteiger charge is 2.17. The van der Waals surface area contributed by atoms with E-state index in [4.69, 9.17) is 10.00 Å². The maximum Gasteiger partial charge on any atom is 0.226 e. The number of nitriles is 1. The summed E-state index contributed by atoms with van der Waals surface area (Å²) in [7, 11) is 0. The van der Waals surface area contributed by atoms with Gasteiger partial charge in [-0.2, -0.15) is 5.26 Å². The standard InChI is InChI=1S/C14H16N4O/c1-14(2,3)19-13-11-10(6-4-5-7-15)8-16-12(11)17-9-18-13/h4-5,8-9H,6H2,1-3H3,(H,16,17,18). The molecule has 1 N–H and O–H groups in total. The summed E-state index contributed by atoms with van der Waals surface area (Å²) in [6.07, 6.45) is 7.26. The van der Waals surface area contributed by atoms with Gasteiger partial charge in [-0.1, -0.05) is 6.08 Å². The molecule has 0 spiro atoms. The van der Waals surface area contributed by atoms with Gasteiger partial charge in [-0.25, -0.2) is 9.97 Å². The molecule has 0 radical (unpaired) electrons. The fourth-order valence-electron chi connectivity index (χ4n) is 1.76. The molecular weight excluding hydrogens is 240 g/mol. The van der Waals surface area contributed by atoms with Crippen molar-refractivity contribution in [3.05, 3.63) is 30.2 Å². The van der Waals surface area contributed by atoms with Crippen LogP contribution >= 0.6 is 0 Å². The molecule has 2 aromatic heterocycles. The lowest BCUT2D eigenvalue weighted by atomic mass is 10.1. The fourth-order valence-corrected chi connectivity index (χ4v) is 1.76. The van der Waals surface area contributed by atoms with E-state index in [1.54, 1.807) is 6.08 Å². The van der Waals surface area contributed by atoms with Crippen molar-refractivity contribution in [3.63, 3.8) is 0 Å². The summed E-state index contributed by atoms with van der Waals surface area (Å²) in [5, 5.41) is 9.40. The van der Waals surface area contributed by atoms with Crippen molar-refractivity contribution in [1.82, 2.24) is 15.0 Å². The van der Waals surface area contributed by atoms with Crippen LogP contribution in [0, 0.1) is 11.3 Å². The molecule has 5 nitrogen and oxygen atoms in total. The van der Waals surface area contributed by atoms with Crippen molar-refractivity contribution in [2.24, 2.45) is 0 Å². The summed E-state index contributed by atoms with van der Waals surface area (Å²) >= 11 is 0. The summed E-state index contributed by atoms with van der Waals surface area (Å²) in [5.41, 5.74) is 1.44. The maximum atomic E-state index is 8.52. The van der Waals surface area contributed by atoms with Crippen molar-refractivity contribution in [3.8, 4) is 11.9 Å². The Bertz CT molecular complexity index is 643. The largest absolute Gasteiger partial charge is 0.471 e. The Kier molecular flexibility index (Phi) is 3.52. The SMILES string of the molecule is CC(C)(C)Oc1ncnc2[nH]cc(CC=CC#N)c12. The van der Waals surface area contributed by atoms with E-state index in [0.29, 0.717) is 12.3 Å². The van der Waals surface area contributed by atoms with Crippen molar-refractivity contribution in [1.29, 1.82) is 5.26 Å². The van der Waals surface area contributed by atoms with Crippen LogP contribution in [-0.4, -0.2) is 20.6 Å². The molecule has 0 bridgehead atoms. The summed E-state index contributed by atoms with van der Waals surface area (Å²) in [5.74, 6) is 0.569. The van der Waals surface area contributed by atoms with Gasteiger partial charge in [-0.3, -0.25) is 0 Å². The number of nitrogens with one attached hydrogen (secondary N) is 1. The van der Waals surface area contributed by atoms with Crippen LogP contribution in [0.5, 0.6) is 5.88 Å². The van der Waals surface area contributed by atoms with Gasteiger partial charge in [0.2, 0.25) is 5.88 Å². The van der Waals surface area contributed by atoms with E-state index in [0.717, 1.165) is 16.6 Å². The molecule has 98 valence electrons. The van der Waals surface area contributed by atoms with Gasteiger partial charge < -0.3 is 9.72 Å². The highest BCUT2D eigenvalue weighted by Crippen LogP contribution is 2.28. The zero-order valence-electron chi connectivity index (χ0n) is 11.3. The van der Waals surface area contributed by atoms with Crippen molar-refractivity contribution >= 4 is 11.0 Å². The molecule has 5 heteroatoms. The first-order valence-corrected chi connectivity index (χ1v) is 6.06. The Balaban J connectivity index is 2.44. The van der Waals surface area contributed by atoms with Gasteiger partial charge in [0.1, 0.15) is 17.6 Å². The summed E-state index contributed by atoms with van der Waals surface area (Å²) in [6, 6.07) is 1.98. The van der Waals surface area contributed by atoms with Gasteiger partial charge in [-0.05, 0) is 32.8 Å². The molecule has 0 unspecified atom stereocenters. The maximum absolute atomic E-state index is 8.52. The number of aromatic nitrogens is 3. The number of rotatable bonds is 3.